The quantitative estimate of drug-likeness (QED) is 0.326. The van der Waals surface area contributed by atoms with Crippen molar-refractivity contribution < 1.29 is 39.7 Å². The molecule has 96 valence electrons. The van der Waals surface area contributed by atoms with Crippen molar-refractivity contribution in [1.29, 1.82) is 0 Å². The van der Waals surface area contributed by atoms with Crippen LogP contribution in [-0.4, -0.2) is 39.3 Å². The number of hydrogen-bond donors (Lipinski definition) is 0. The molecule has 0 saturated carbocycles. The molecule has 0 aromatic heterocycles. The van der Waals surface area contributed by atoms with Crippen molar-refractivity contribution in [3.8, 4) is 0 Å². The van der Waals surface area contributed by atoms with Crippen molar-refractivity contribution >= 4 is 16.1 Å². The first-order valence-electron chi connectivity index (χ1n) is 3.67. The van der Waals surface area contributed by atoms with Gasteiger partial charge in [-0.3, -0.25) is 4.18 Å². The molecule has 16 heavy (non-hydrogen) atoms. The first kappa shape index (κ1) is 15.1. The van der Waals surface area contributed by atoms with Crippen molar-refractivity contribution in [2.24, 2.45) is 0 Å². The van der Waals surface area contributed by atoms with Crippen molar-refractivity contribution in [2.75, 3.05) is 13.7 Å². The van der Waals surface area contributed by atoms with Gasteiger partial charge in [-0.05, 0) is 6.92 Å². The Kier molecular flexibility index (Phi) is 4.28. The minimum Gasteiger partial charge on any atom is -0.467 e. The molecule has 0 heterocycles. The van der Waals surface area contributed by atoms with Crippen molar-refractivity contribution in [2.45, 2.75) is 18.1 Å². The van der Waals surface area contributed by atoms with Crippen molar-refractivity contribution in [3.63, 3.8) is 0 Å². The Morgan fingerprint density at radius 2 is 1.69 bits per heavy atom. The predicted molar refractivity (Wildman–Crippen MR) is 42.5 cm³/mol. The third kappa shape index (κ3) is 3.59. The van der Waals surface area contributed by atoms with E-state index in [-0.39, 0.29) is 0 Å². The molecule has 0 bridgehead atoms. The van der Waals surface area contributed by atoms with Gasteiger partial charge in [0.05, 0.1) is 7.11 Å². The first-order valence-corrected chi connectivity index (χ1v) is 5.08. The van der Waals surface area contributed by atoms with Gasteiger partial charge in [0.2, 0.25) is 5.67 Å². The molecule has 0 N–H and O–H groups in total. The number of carbonyl (C=O) groups is 1. The summed E-state index contributed by atoms with van der Waals surface area (Å²) < 4.78 is 76.3. The van der Waals surface area contributed by atoms with E-state index < -0.39 is 33.9 Å². The molecular weight excluding hydrogens is 260 g/mol. The minimum absolute atomic E-state index is 0.532. The molecule has 0 aliphatic carbocycles. The van der Waals surface area contributed by atoms with Gasteiger partial charge in [0.15, 0.2) is 0 Å². The molecule has 0 rings (SSSR count). The van der Waals surface area contributed by atoms with Crippen LogP contribution in [0.1, 0.15) is 6.92 Å². The maximum absolute atomic E-state index is 13.2. The molecule has 0 aliphatic heterocycles. The topological polar surface area (TPSA) is 69.7 Å². The normalized spacial score (nSPS) is 16.6. The molecule has 0 saturated heterocycles. The highest BCUT2D eigenvalue weighted by Gasteiger charge is 2.49. The largest absolute Gasteiger partial charge is 0.523 e. The summed E-state index contributed by atoms with van der Waals surface area (Å²) in [6, 6.07) is 0. The molecule has 0 aliphatic rings. The van der Waals surface area contributed by atoms with Gasteiger partial charge in [-0.15, -0.1) is 0 Å². The monoisotopic (exact) mass is 268 g/mol. The van der Waals surface area contributed by atoms with Crippen LogP contribution in [0.25, 0.3) is 0 Å². The summed E-state index contributed by atoms with van der Waals surface area (Å²) in [6.07, 6.45) is 0. The lowest BCUT2D eigenvalue weighted by molar-refractivity contribution is -0.155. The average molecular weight is 268 g/mol. The number of hydrogen-bond acceptors (Lipinski definition) is 5. The van der Waals surface area contributed by atoms with Gasteiger partial charge in [-0.25, -0.2) is 9.18 Å². The van der Waals surface area contributed by atoms with E-state index in [4.69, 9.17) is 0 Å². The zero-order valence-corrected chi connectivity index (χ0v) is 8.98. The Morgan fingerprint density at radius 1 is 1.25 bits per heavy atom. The second-order valence-corrected chi connectivity index (χ2v) is 4.46. The smallest absolute Gasteiger partial charge is 0.467 e. The molecule has 10 heteroatoms. The van der Waals surface area contributed by atoms with Crippen LogP contribution < -0.4 is 0 Å². The molecule has 5 nitrogen and oxygen atoms in total. The van der Waals surface area contributed by atoms with Gasteiger partial charge in [0.1, 0.15) is 6.61 Å². The van der Waals surface area contributed by atoms with Gasteiger partial charge in [-0.2, -0.15) is 21.6 Å². The van der Waals surface area contributed by atoms with E-state index in [1.807, 2.05) is 0 Å². The van der Waals surface area contributed by atoms with Crippen LogP contribution in [-0.2, 0) is 23.8 Å². The lowest BCUT2D eigenvalue weighted by atomic mass is 10.1. The zero-order valence-electron chi connectivity index (χ0n) is 8.17. The Labute approximate surface area is 88.4 Å². The third-order valence-electron chi connectivity index (χ3n) is 1.38. The molecular formula is C6H8F4O5S. The molecule has 1 atom stereocenters. The number of alkyl halides is 4. The van der Waals surface area contributed by atoms with Crippen LogP contribution in [0.2, 0.25) is 0 Å². The molecule has 0 amide bonds. The average Bonchev–Trinajstić information content (AvgIpc) is 2.12. The van der Waals surface area contributed by atoms with E-state index in [0.29, 0.717) is 6.92 Å². The highest BCUT2D eigenvalue weighted by Crippen LogP contribution is 2.26. The molecule has 0 spiro atoms. The fourth-order valence-electron chi connectivity index (χ4n) is 0.527. The fourth-order valence-corrected chi connectivity index (χ4v) is 1.04. The number of halogens is 4. The number of esters is 1. The van der Waals surface area contributed by atoms with E-state index in [9.17, 15) is 30.8 Å². The summed E-state index contributed by atoms with van der Waals surface area (Å²) in [4.78, 5) is 10.6. The van der Waals surface area contributed by atoms with Crippen molar-refractivity contribution in [3.05, 3.63) is 0 Å². The van der Waals surface area contributed by atoms with Crippen LogP contribution in [0.15, 0.2) is 0 Å². The Hall–Kier alpha value is -0.900. The molecule has 0 fully saturated rings. The van der Waals surface area contributed by atoms with E-state index in [1.54, 1.807) is 0 Å². The van der Waals surface area contributed by atoms with Gasteiger partial charge < -0.3 is 4.74 Å². The van der Waals surface area contributed by atoms with E-state index in [2.05, 4.69) is 8.92 Å². The maximum Gasteiger partial charge on any atom is 0.523 e. The number of rotatable bonds is 4. The molecule has 0 aromatic carbocycles. The first-order chi connectivity index (χ1) is 6.94. The summed E-state index contributed by atoms with van der Waals surface area (Å²) in [7, 11) is -5.13. The predicted octanol–water partition coefficient (Wildman–Crippen LogP) is 0.754. The Bertz CT molecular complexity index is 358. The number of methoxy groups -OCH3 is 1. The van der Waals surface area contributed by atoms with Crippen LogP contribution >= 0.6 is 0 Å². The van der Waals surface area contributed by atoms with Gasteiger partial charge in [0, 0.05) is 0 Å². The van der Waals surface area contributed by atoms with Gasteiger partial charge in [0.25, 0.3) is 0 Å². The zero-order chi connectivity index (χ0) is 13.2. The minimum atomic E-state index is -5.92. The lowest BCUT2D eigenvalue weighted by Crippen LogP contribution is -2.39. The lowest BCUT2D eigenvalue weighted by Gasteiger charge is -2.17. The third-order valence-corrected chi connectivity index (χ3v) is 2.37. The number of ether oxygens (including phenoxy) is 1. The SMILES string of the molecule is COC(=O)C(C)(F)COS(=O)(=O)C(F)(F)F. The summed E-state index contributed by atoms with van der Waals surface area (Å²) in [5, 5.41) is 0. The maximum atomic E-state index is 13.2. The van der Waals surface area contributed by atoms with E-state index in [1.165, 1.54) is 0 Å². The summed E-state index contributed by atoms with van der Waals surface area (Å²) >= 11 is 0. The molecule has 0 aromatic rings. The van der Waals surface area contributed by atoms with Gasteiger partial charge in [-0.1, -0.05) is 0 Å². The van der Waals surface area contributed by atoms with E-state index in [0.717, 1.165) is 7.11 Å². The van der Waals surface area contributed by atoms with Crippen LogP contribution in [0.4, 0.5) is 17.6 Å². The van der Waals surface area contributed by atoms with Crippen LogP contribution in [0.3, 0.4) is 0 Å². The molecule has 0 radical (unpaired) electrons. The fraction of sp³-hybridized carbons (Fsp3) is 0.833. The highest BCUT2D eigenvalue weighted by atomic mass is 32.2. The van der Waals surface area contributed by atoms with Crippen LogP contribution in [0, 0.1) is 0 Å². The van der Waals surface area contributed by atoms with Crippen LogP contribution in [0.5, 0.6) is 0 Å². The summed E-state index contributed by atoms with van der Waals surface area (Å²) in [5.41, 5.74) is -8.65. The second kappa shape index (κ2) is 4.53. The standard InChI is InChI=1S/C6H8F4O5S/c1-5(7,4(11)14-2)3-15-16(12,13)6(8,9)10/h3H2,1-2H3. The molecule has 1 unspecified atom stereocenters. The van der Waals surface area contributed by atoms with E-state index >= 15 is 0 Å². The highest BCUT2D eigenvalue weighted by molar-refractivity contribution is 7.87. The van der Waals surface area contributed by atoms with Crippen molar-refractivity contribution in [1.82, 2.24) is 0 Å². The Morgan fingerprint density at radius 3 is 2.00 bits per heavy atom. The number of carbonyl (C=O) groups excluding carboxylic acids is 1. The second-order valence-electron chi connectivity index (χ2n) is 2.85. The summed E-state index contributed by atoms with van der Waals surface area (Å²) in [6.45, 7) is -1.08. The van der Waals surface area contributed by atoms with Gasteiger partial charge >= 0.3 is 21.6 Å². The Balaban J connectivity index is 4.65. The summed E-state index contributed by atoms with van der Waals surface area (Å²) in [5.74, 6) is -1.54.